The van der Waals surface area contributed by atoms with E-state index in [9.17, 15) is 4.79 Å². The van der Waals surface area contributed by atoms with Crippen molar-refractivity contribution in [1.29, 1.82) is 0 Å². The van der Waals surface area contributed by atoms with E-state index in [1.54, 1.807) is 41.6 Å². The number of methoxy groups -OCH3 is 5. The lowest BCUT2D eigenvalue weighted by molar-refractivity contribution is -0.131. The van der Waals surface area contributed by atoms with Gasteiger partial charge < -0.3 is 28.6 Å². The Labute approximate surface area is 177 Å². The molecule has 0 spiro atoms. The first-order chi connectivity index (χ1) is 14.6. The number of benzene rings is 2. The maximum absolute atomic E-state index is 13.2. The number of likely N-dealkylation sites (tertiary alicyclic amines) is 1. The van der Waals surface area contributed by atoms with E-state index in [1.165, 1.54) is 0 Å². The average Bonchev–Trinajstić information content (AvgIpc) is 3.28. The van der Waals surface area contributed by atoms with Crippen LogP contribution < -0.4 is 23.7 Å². The summed E-state index contributed by atoms with van der Waals surface area (Å²) in [6, 6.07) is 9.47. The second kappa shape index (κ2) is 9.61. The minimum Gasteiger partial charge on any atom is -0.493 e. The highest BCUT2D eigenvalue weighted by Gasteiger charge is 2.31. The third kappa shape index (κ3) is 4.10. The number of nitrogens with zero attached hydrogens (tertiary/aromatic N) is 1. The Kier molecular flexibility index (Phi) is 6.92. The molecule has 1 aliphatic heterocycles. The lowest BCUT2D eigenvalue weighted by Crippen LogP contribution is -2.32. The molecule has 1 aliphatic rings. The van der Waals surface area contributed by atoms with Crippen LogP contribution in [0.1, 0.15) is 30.0 Å². The third-order valence-corrected chi connectivity index (χ3v) is 5.49. The molecule has 0 N–H and O–H groups in total. The molecule has 1 amide bonds. The molecule has 0 radical (unpaired) electrons. The number of ether oxygens (including phenoxy) is 5. The normalized spacial score (nSPS) is 15.6. The fourth-order valence-corrected chi connectivity index (χ4v) is 4.04. The number of amides is 1. The second-order valence-electron chi connectivity index (χ2n) is 7.03. The zero-order valence-corrected chi connectivity index (χ0v) is 18.2. The predicted octanol–water partition coefficient (Wildman–Crippen LogP) is 3.64. The molecule has 30 heavy (non-hydrogen) atoms. The Morgan fingerprint density at radius 2 is 1.53 bits per heavy atom. The summed E-state index contributed by atoms with van der Waals surface area (Å²) in [5.41, 5.74) is 1.80. The molecule has 1 heterocycles. The number of carbonyl (C=O) groups excluding carboxylic acids is 1. The van der Waals surface area contributed by atoms with E-state index in [2.05, 4.69) is 0 Å². The Bertz CT molecular complexity index is 898. The largest absolute Gasteiger partial charge is 0.493 e. The number of hydrogen-bond donors (Lipinski definition) is 0. The Morgan fingerprint density at radius 3 is 2.17 bits per heavy atom. The van der Waals surface area contributed by atoms with E-state index in [4.69, 9.17) is 23.7 Å². The lowest BCUT2D eigenvalue weighted by atomic mass is 10.0. The van der Waals surface area contributed by atoms with Crippen molar-refractivity contribution in [3.63, 3.8) is 0 Å². The molecule has 3 rings (SSSR count). The van der Waals surface area contributed by atoms with Crippen LogP contribution in [-0.4, -0.2) is 52.9 Å². The molecule has 1 saturated heterocycles. The summed E-state index contributed by atoms with van der Waals surface area (Å²) in [5, 5.41) is 0. The highest BCUT2D eigenvalue weighted by atomic mass is 16.5. The van der Waals surface area contributed by atoms with Crippen LogP contribution in [0.4, 0.5) is 0 Å². The van der Waals surface area contributed by atoms with Gasteiger partial charge in [-0.2, -0.15) is 0 Å². The molecule has 7 heteroatoms. The number of hydrogen-bond acceptors (Lipinski definition) is 6. The van der Waals surface area contributed by atoms with Gasteiger partial charge in [0.2, 0.25) is 11.7 Å². The van der Waals surface area contributed by atoms with E-state index in [1.807, 2.05) is 29.2 Å². The molecule has 0 bridgehead atoms. The summed E-state index contributed by atoms with van der Waals surface area (Å²) in [6.45, 7) is 0.716. The van der Waals surface area contributed by atoms with Crippen LogP contribution in [-0.2, 0) is 11.2 Å². The highest BCUT2D eigenvalue weighted by Crippen LogP contribution is 2.41. The van der Waals surface area contributed by atoms with Crippen LogP contribution in [0.3, 0.4) is 0 Å². The van der Waals surface area contributed by atoms with E-state index < -0.39 is 0 Å². The van der Waals surface area contributed by atoms with Crippen LogP contribution in [0.25, 0.3) is 0 Å². The molecule has 7 nitrogen and oxygen atoms in total. The van der Waals surface area contributed by atoms with E-state index in [0.29, 0.717) is 35.3 Å². The van der Waals surface area contributed by atoms with Gasteiger partial charge in [-0.25, -0.2) is 0 Å². The van der Waals surface area contributed by atoms with Gasteiger partial charge in [-0.1, -0.05) is 12.1 Å². The fourth-order valence-electron chi connectivity index (χ4n) is 4.04. The van der Waals surface area contributed by atoms with Gasteiger partial charge in [0.15, 0.2) is 23.0 Å². The van der Waals surface area contributed by atoms with Crippen molar-refractivity contribution in [1.82, 2.24) is 4.90 Å². The van der Waals surface area contributed by atoms with Gasteiger partial charge in [-0.3, -0.25) is 4.79 Å². The Balaban J connectivity index is 1.85. The van der Waals surface area contributed by atoms with E-state index >= 15 is 0 Å². The fraction of sp³-hybridized carbons (Fsp3) is 0.435. The molecule has 2 aromatic carbocycles. The Hall–Kier alpha value is -3.09. The van der Waals surface area contributed by atoms with Gasteiger partial charge in [0.25, 0.3) is 0 Å². The summed E-state index contributed by atoms with van der Waals surface area (Å²) >= 11 is 0. The molecule has 0 aromatic heterocycles. The Morgan fingerprint density at radius 1 is 0.867 bits per heavy atom. The van der Waals surface area contributed by atoms with Gasteiger partial charge in [-0.15, -0.1) is 0 Å². The van der Waals surface area contributed by atoms with Crippen LogP contribution >= 0.6 is 0 Å². The average molecular weight is 415 g/mol. The van der Waals surface area contributed by atoms with E-state index in [-0.39, 0.29) is 18.4 Å². The molecule has 162 valence electrons. The molecule has 0 aliphatic carbocycles. The predicted molar refractivity (Wildman–Crippen MR) is 113 cm³/mol. The van der Waals surface area contributed by atoms with Crippen LogP contribution in [0.5, 0.6) is 28.7 Å². The SMILES string of the molecule is COc1ccc([C@H]2CCCN2C(=O)Cc2ccc(OC)c(OC)c2OC)cc1OC. The molecular formula is C23H29NO6. The van der Waals surface area contributed by atoms with Crippen LogP contribution in [0.15, 0.2) is 30.3 Å². The first-order valence-electron chi connectivity index (χ1n) is 9.87. The van der Waals surface area contributed by atoms with Crippen molar-refractivity contribution < 1.29 is 28.5 Å². The van der Waals surface area contributed by atoms with Crippen molar-refractivity contribution in [3.8, 4) is 28.7 Å². The van der Waals surface area contributed by atoms with Gasteiger partial charge in [-0.05, 0) is 36.6 Å². The molecule has 1 atom stereocenters. The zero-order chi connectivity index (χ0) is 21.7. The highest BCUT2D eigenvalue weighted by molar-refractivity contribution is 5.81. The lowest BCUT2D eigenvalue weighted by Gasteiger charge is -2.26. The monoisotopic (exact) mass is 415 g/mol. The first kappa shape index (κ1) is 21.6. The standard InChI is InChI=1S/C23H29NO6/c1-26-18-10-8-15(13-20(18)28-3)17-7-6-12-24(17)21(25)14-16-9-11-19(27-2)23(30-5)22(16)29-4/h8-11,13,17H,6-7,12,14H2,1-5H3/t17-/m1/s1. The maximum atomic E-state index is 13.2. The molecule has 0 saturated carbocycles. The number of carbonyl (C=O) groups is 1. The molecule has 1 fully saturated rings. The smallest absolute Gasteiger partial charge is 0.227 e. The summed E-state index contributed by atoms with van der Waals surface area (Å²) in [5.74, 6) is 2.95. The quantitative estimate of drug-likeness (QED) is 0.656. The summed E-state index contributed by atoms with van der Waals surface area (Å²) in [7, 11) is 7.91. The number of rotatable bonds is 8. The maximum Gasteiger partial charge on any atom is 0.227 e. The van der Waals surface area contributed by atoms with Crippen molar-refractivity contribution in [2.24, 2.45) is 0 Å². The molecule has 2 aromatic rings. The van der Waals surface area contributed by atoms with Gasteiger partial charge in [0.05, 0.1) is 48.0 Å². The minimum atomic E-state index is 0.00319. The second-order valence-corrected chi connectivity index (χ2v) is 7.03. The van der Waals surface area contributed by atoms with Crippen LogP contribution in [0.2, 0.25) is 0 Å². The van der Waals surface area contributed by atoms with Crippen molar-refractivity contribution in [3.05, 3.63) is 41.5 Å². The van der Waals surface area contributed by atoms with Gasteiger partial charge in [0, 0.05) is 12.1 Å². The van der Waals surface area contributed by atoms with Crippen molar-refractivity contribution in [2.45, 2.75) is 25.3 Å². The van der Waals surface area contributed by atoms with Crippen LogP contribution in [0, 0.1) is 0 Å². The van der Waals surface area contributed by atoms with Gasteiger partial charge in [0.1, 0.15) is 0 Å². The van der Waals surface area contributed by atoms with Crippen molar-refractivity contribution in [2.75, 3.05) is 42.1 Å². The molecule has 0 unspecified atom stereocenters. The summed E-state index contributed by atoms with van der Waals surface area (Å²) in [4.78, 5) is 15.2. The zero-order valence-electron chi connectivity index (χ0n) is 18.2. The topological polar surface area (TPSA) is 66.5 Å². The summed E-state index contributed by atoms with van der Waals surface area (Å²) < 4.78 is 27.1. The van der Waals surface area contributed by atoms with Crippen molar-refractivity contribution >= 4 is 5.91 Å². The first-order valence-corrected chi connectivity index (χ1v) is 9.87. The third-order valence-electron chi connectivity index (χ3n) is 5.49. The van der Waals surface area contributed by atoms with Gasteiger partial charge >= 0.3 is 0 Å². The molecular weight excluding hydrogens is 386 g/mol. The minimum absolute atomic E-state index is 0.00319. The van der Waals surface area contributed by atoms with E-state index in [0.717, 1.165) is 24.0 Å². The summed E-state index contributed by atoms with van der Waals surface area (Å²) in [6.07, 6.45) is 2.07.